The van der Waals surface area contributed by atoms with Crippen molar-refractivity contribution in [1.82, 2.24) is 0 Å². The Kier molecular flexibility index (Phi) is 3.13. The number of nitrogens with two attached hydrogens (primary N) is 1. The van der Waals surface area contributed by atoms with Crippen molar-refractivity contribution < 1.29 is 9.57 Å². The van der Waals surface area contributed by atoms with Crippen molar-refractivity contribution >= 4 is 0 Å². The second-order valence-corrected chi connectivity index (χ2v) is 3.81. The van der Waals surface area contributed by atoms with Gasteiger partial charge in [-0.05, 0) is 44.0 Å². The average molecular weight is 195 g/mol. The van der Waals surface area contributed by atoms with Crippen LogP contribution in [0.15, 0.2) is 18.2 Å². The minimum atomic E-state index is -0.461. The third-order valence-electron chi connectivity index (χ3n) is 2.38. The zero-order chi connectivity index (χ0) is 10.8. The zero-order valence-electron chi connectivity index (χ0n) is 9.13. The molecule has 1 aromatic rings. The summed E-state index contributed by atoms with van der Waals surface area (Å²) >= 11 is 0. The van der Waals surface area contributed by atoms with Crippen LogP contribution in [0.25, 0.3) is 0 Å². The van der Waals surface area contributed by atoms with Crippen molar-refractivity contribution in [3.63, 3.8) is 0 Å². The van der Waals surface area contributed by atoms with E-state index >= 15 is 0 Å². The summed E-state index contributed by atoms with van der Waals surface area (Å²) in [5.74, 6) is 6.10. The first-order chi connectivity index (χ1) is 6.51. The number of methoxy groups -OCH3 is 1. The monoisotopic (exact) mass is 195 g/mol. The molecule has 0 spiro atoms. The number of benzene rings is 1. The van der Waals surface area contributed by atoms with Gasteiger partial charge in [0.2, 0.25) is 0 Å². The molecule has 0 saturated heterocycles. The fourth-order valence-corrected chi connectivity index (χ4v) is 1.32. The summed E-state index contributed by atoms with van der Waals surface area (Å²) in [7, 11) is 1.66. The summed E-state index contributed by atoms with van der Waals surface area (Å²) in [6.07, 6.45) is 0. The highest BCUT2D eigenvalue weighted by atomic mass is 16.6. The highest BCUT2D eigenvalue weighted by Crippen LogP contribution is 2.27. The molecule has 0 unspecified atom stereocenters. The molecular weight excluding hydrogens is 178 g/mol. The van der Waals surface area contributed by atoms with Gasteiger partial charge in [-0.1, -0.05) is 6.07 Å². The van der Waals surface area contributed by atoms with E-state index in [1.54, 1.807) is 7.11 Å². The highest BCUT2D eigenvalue weighted by Gasteiger charge is 2.20. The first-order valence-corrected chi connectivity index (χ1v) is 4.54. The van der Waals surface area contributed by atoms with Crippen LogP contribution in [0, 0.1) is 6.92 Å². The van der Waals surface area contributed by atoms with Crippen LogP contribution in [0.5, 0.6) is 5.75 Å². The van der Waals surface area contributed by atoms with Gasteiger partial charge in [0.15, 0.2) is 0 Å². The van der Waals surface area contributed by atoms with Gasteiger partial charge in [0.25, 0.3) is 0 Å². The van der Waals surface area contributed by atoms with Crippen LogP contribution in [0.1, 0.15) is 25.0 Å². The Hall–Kier alpha value is -1.06. The Morgan fingerprint density at radius 2 is 1.93 bits per heavy atom. The van der Waals surface area contributed by atoms with Crippen molar-refractivity contribution in [2.24, 2.45) is 5.90 Å². The molecule has 1 aromatic carbocycles. The average Bonchev–Trinajstić information content (AvgIpc) is 2.17. The van der Waals surface area contributed by atoms with E-state index in [2.05, 4.69) is 0 Å². The van der Waals surface area contributed by atoms with E-state index in [1.807, 2.05) is 39.0 Å². The maximum Gasteiger partial charge on any atom is 0.121 e. The summed E-state index contributed by atoms with van der Waals surface area (Å²) in [6.45, 7) is 5.84. The van der Waals surface area contributed by atoms with Crippen LogP contribution in [0.2, 0.25) is 0 Å². The topological polar surface area (TPSA) is 44.5 Å². The first kappa shape index (κ1) is 11.0. The lowest BCUT2D eigenvalue weighted by Crippen LogP contribution is -2.25. The maximum atomic E-state index is 5.23. The molecule has 0 aliphatic heterocycles. The lowest BCUT2D eigenvalue weighted by atomic mass is 9.96. The summed E-state index contributed by atoms with van der Waals surface area (Å²) in [6, 6.07) is 5.90. The van der Waals surface area contributed by atoms with Gasteiger partial charge in [0.1, 0.15) is 11.4 Å². The van der Waals surface area contributed by atoms with Gasteiger partial charge >= 0.3 is 0 Å². The highest BCUT2D eigenvalue weighted by molar-refractivity contribution is 5.38. The number of hydrogen-bond donors (Lipinski definition) is 1. The second-order valence-electron chi connectivity index (χ2n) is 3.81. The standard InChI is InChI=1S/C11H17NO2/c1-8-7-9(11(2,3)14-12)5-6-10(8)13-4/h5-7H,12H2,1-4H3. The Morgan fingerprint density at radius 3 is 2.36 bits per heavy atom. The molecule has 0 aromatic heterocycles. The molecule has 78 valence electrons. The van der Waals surface area contributed by atoms with Crippen LogP contribution in [0.4, 0.5) is 0 Å². The number of rotatable bonds is 3. The van der Waals surface area contributed by atoms with Crippen LogP contribution in [-0.4, -0.2) is 7.11 Å². The predicted molar refractivity (Wildman–Crippen MR) is 56.0 cm³/mol. The molecule has 0 heterocycles. The van der Waals surface area contributed by atoms with Gasteiger partial charge in [0, 0.05) is 0 Å². The van der Waals surface area contributed by atoms with Gasteiger partial charge in [-0.3, -0.25) is 4.84 Å². The Bertz CT molecular complexity index is 321. The molecular formula is C11H17NO2. The van der Waals surface area contributed by atoms with Crippen LogP contribution in [-0.2, 0) is 10.4 Å². The summed E-state index contributed by atoms with van der Waals surface area (Å²) in [5, 5.41) is 0. The van der Waals surface area contributed by atoms with Gasteiger partial charge in [-0.15, -0.1) is 0 Å². The molecule has 0 aliphatic carbocycles. The van der Waals surface area contributed by atoms with E-state index in [-0.39, 0.29) is 0 Å². The molecule has 0 bridgehead atoms. The summed E-state index contributed by atoms with van der Waals surface area (Å²) in [5.41, 5.74) is 1.66. The van der Waals surface area contributed by atoms with Gasteiger partial charge in [-0.25, -0.2) is 5.90 Å². The molecule has 14 heavy (non-hydrogen) atoms. The molecule has 0 fully saturated rings. The number of hydrogen-bond acceptors (Lipinski definition) is 3. The van der Waals surface area contributed by atoms with Gasteiger partial charge < -0.3 is 4.74 Å². The first-order valence-electron chi connectivity index (χ1n) is 4.54. The molecule has 0 saturated carbocycles. The SMILES string of the molecule is COc1ccc(C(C)(C)ON)cc1C. The Labute approximate surface area is 84.8 Å². The lowest BCUT2D eigenvalue weighted by molar-refractivity contribution is -0.0236. The predicted octanol–water partition coefficient (Wildman–Crippen LogP) is 2.13. The minimum absolute atomic E-state index is 0.461. The molecule has 2 N–H and O–H groups in total. The number of aryl methyl sites for hydroxylation is 1. The zero-order valence-corrected chi connectivity index (χ0v) is 9.13. The third-order valence-corrected chi connectivity index (χ3v) is 2.38. The maximum absolute atomic E-state index is 5.23. The van der Waals surface area contributed by atoms with E-state index in [0.29, 0.717) is 0 Å². The van der Waals surface area contributed by atoms with Gasteiger partial charge in [0.05, 0.1) is 7.11 Å². The van der Waals surface area contributed by atoms with Crippen molar-refractivity contribution in [3.8, 4) is 5.75 Å². The molecule has 3 nitrogen and oxygen atoms in total. The fraction of sp³-hybridized carbons (Fsp3) is 0.455. The van der Waals surface area contributed by atoms with E-state index in [4.69, 9.17) is 15.5 Å². The molecule has 0 aliphatic rings. The molecule has 0 radical (unpaired) electrons. The normalized spacial score (nSPS) is 11.5. The van der Waals surface area contributed by atoms with Crippen LogP contribution in [0.3, 0.4) is 0 Å². The third kappa shape index (κ3) is 2.05. The van der Waals surface area contributed by atoms with E-state index in [1.165, 1.54) is 0 Å². The second kappa shape index (κ2) is 3.98. The lowest BCUT2D eigenvalue weighted by Gasteiger charge is -2.23. The fourth-order valence-electron chi connectivity index (χ4n) is 1.32. The summed E-state index contributed by atoms with van der Waals surface area (Å²) < 4.78 is 5.17. The smallest absolute Gasteiger partial charge is 0.121 e. The molecule has 0 atom stereocenters. The minimum Gasteiger partial charge on any atom is -0.496 e. The van der Waals surface area contributed by atoms with Crippen LogP contribution >= 0.6 is 0 Å². The Balaban J connectivity index is 3.08. The largest absolute Gasteiger partial charge is 0.496 e. The van der Waals surface area contributed by atoms with Crippen molar-refractivity contribution in [2.75, 3.05) is 7.11 Å². The van der Waals surface area contributed by atoms with E-state index in [0.717, 1.165) is 16.9 Å². The van der Waals surface area contributed by atoms with Crippen molar-refractivity contribution in [2.45, 2.75) is 26.4 Å². The number of ether oxygens (including phenoxy) is 1. The Morgan fingerprint density at radius 1 is 1.29 bits per heavy atom. The van der Waals surface area contributed by atoms with Crippen molar-refractivity contribution in [3.05, 3.63) is 29.3 Å². The van der Waals surface area contributed by atoms with Crippen LogP contribution < -0.4 is 10.6 Å². The van der Waals surface area contributed by atoms with E-state index in [9.17, 15) is 0 Å². The molecule has 3 heteroatoms. The summed E-state index contributed by atoms with van der Waals surface area (Å²) in [4.78, 5) is 4.91. The molecule has 0 amide bonds. The quantitative estimate of drug-likeness (QED) is 0.751. The van der Waals surface area contributed by atoms with Gasteiger partial charge in [-0.2, -0.15) is 0 Å². The van der Waals surface area contributed by atoms with Crippen molar-refractivity contribution in [1.29, 1.82) is 0 Å². The molecule has 1 rings (SSSR count). The van der Waals surface area contributed by atoms with E-state index < -0.39 is 5.60 Å².